The van der Waals surface area contributed by atoms with Crippen LogP contribution in [0.2, 0.25) is 0 Å². The molecule has 25 heavy (non-hydrogen) atoms. The molecule has 0 saturated heterocycles. The molecule has 2 amide bonds. The molecule has 1 aromatic carbocycles. The standard InChI is InChI=1S/C16H12F3N3O3/c17-16(18,19)10-5-6-14(24)21(7-10)9-15(25)22-8-13(23)20-11-3-1-2-4-12(11)22/h1-7H,8-9H2,(H,20,23). The summed E-state index contributed by atoms with van der Waals surface area (Å²) >= 11 is 0. The molecule has 0 fully saturated rings. The molecule has 0 saturated carbocycles. The summed E-state index contributed by atoms with van der Waals surface area (Å²) in [6.45, 7) is -0.881. The summed E-state index contributed by atoms with van der Waals surface area (Å²) in [6, 6.07) is 7.95. The molecule has 130 valence electrons. The Labute approximate surface area is 139 Å². The number of amides is 2. The largest absolute Gasteiger partial charge is 0.417 e. The van der Waals surface area contributed by atoms with E-state index in [1.54, 1.807) is 24.3 Å². The number of alkyl halides is 3. The third-order valence-electron chi connectivity index (χ3n) is 3.69. The van der Waals surface area contributed by atoms with Crippen LogP contribution in [0.15, 0.2) is 47.4 Å². The quantitative estimate of drug-likeness (QED) is 0.898. The first kappa shape index (κ1) is 16.7. The second-order valence-electron chi connectivity index (χ2n) is 5.43. The monoisotopic (exact) mass is 351 g/mol. The molecule has 6 nitrogen and oxygen atoms in total. The average Bonchev–Trinajstić information content (AvgIpc) is 2.54. The Kier molecular flexibility index (Phi) is 4.07. The molecule has 3 rings (SSSR count). The van der Waals surface area contributed by atoms with Gasteiger partial charge in [0.2, 0.25) is 11.8 Å². The summed E-state index contributed by atoms with van der Waals surface area (Å²) in [5, 5.41) is 2.60. The number of rotatable bonds is 2. The van der Waals surface area contributed by atoms with Crippen LogP contribution in [0.4, 0.5) is 24.5 Å². The van der Waals surface area contributed by atoms with Gasteiger partial charge in [-0.2, -0.15) is 13.2 Å². The van der Waals surface area contributed by atoms with E-state index in [4.69, 9.17) is 0 Å². The fraction of sp³-hybridized carbons (Fsp3) is 0.188. The van der Waals surface area contributed by atoms with Gasteiger partial charge >= 0.3 is 6.18 Å². The lowest BCUT2D eigenvalue weighted by molar-refractivity contribution is -0.138. The molecular formula is C16H12F3N3O3. The molecule has 0 radical (unpaired) electrons. The first-order chi connectivity index (χ1) is 11.8. The molecule has 2 aromatic rings. The number of hydrogen-bond acceptors (Lipinski definition) is 3. The van der Waals surface area contributed by atoms with Gasteiger partial charge in [-0.3, -0.25) is 19.3 Å². The first-order valence-electron chi connectivity index (χ1n) is 7.22. The number of anilines is 2. The van der Waals surface area contributed by atoms with Crippen LogP contribution in [-0.4, -0.2) is 22.9 Å². The molecule has 1 aliphatic rings. The van der Waals surface area contributed by atoms with E-state index in [9.17, 15) is 27.6 Å². The van der Waals surface area contributed by atoms with E-state index in [1.165, 1.54) is 0 Å². The summed E-state index contributed by atoms with van der Waals surface area (Å²) in [5.41, 5.74) is -0.927. The van der Waals surface area contributed by atoms with Crippen LogP contribution < -0.4 is 15.8 Å². The van der Waals surface area contributed by atoms with Crippen LogP contribution in [0.1, 0.15) is 5.56 Å². The zero-order chi connectivity index (χ0) is 18.2. The smallest absolute Gasteiger partial charge is 0.323 e. The number of hydrogen-bond donors (Lipinski definition) is 1. The number of carbonyl (C=O) groups is 2. The van der Waals surface area contributed by atoms with Crippen LogP contribution in [0, 0.1) is 0 Å². The highest BCUT2D eigenvalue weighted by Crippen LogP contribution is 2.30. The lowest BCUT2D eigenvalue weighted by Crippen LogP contribution is -2.44. The zero-order valence-electron chi connectivity index (χ0n) is 12.7. The molecule has 1 aromatic heterocycles. The van der Waals surface area contributed by atoms with Crippen LogP contribution >= 0.6 is 0 Å². The highest BCUT2D eigenvalue weighted by atomic mass is 19.4. The molecule has 0 aliphatic carbocycles. The van der Waals surface area contributed by atoms with Gasteiger partial charge in [0.05, 0.1) is 16.9 Å². The Morgan fingerprint density at radius 1 is 1.12 bits per heavy atom. The van der Waals surface area contributed by atoms with E-state index in [0.717, 1.165) is 11.0 Å². The number of halogens is 3. The second kappa shape index (κ2) is 6.08. The SMILES string of the molecule is O=C1CN(C(=O)Cn2cc(C(F)(F)F)ccc2=O)c2ccccc2N1. The van der Waals surface area contributed by atoms with E-state index in [1.807, 2.05) is 0 Å². The number of carbonyl (C=O) groups excluding carboxylic acids is 2. The number of nitrogens with one attached hydrogen (secondary N) is 1. The van der Waals surface area contributed by atoms with Gasteiger partial charge in [0.25, 0.3) is 5.56 Å². The Bertz CT molecular complexity index is 905. The summed E-state index contributed by atoms with van der Waals surface area (Å²) in [4.78, 5) is 37.1. The van der Waals surface area contributed by atoms with Gasteiger partial charge in [-0.15, -0.1) is 0 Å². The molecule has 0 unspecified atom stereocenters. The first-order valence-corrected chi connectivity index (χ1v) is 7.22. The predicted molar refractivity (Wildman–Crippen MR) is 83.1 cm³/mol. The van der Waals surface area contributed by atoms with Crippen molar-refractivity contribution in [1.82, 2.24) is 4.57 Å². The minimum absolute atomic E-state index is 0.274. The van der Waals surface area contributed by atoms with Crippen LogP contribution in [-0.2, 0) is 22.3 Å². The van der Waals surface area contributed by atoms with Crippen molar-refractivity contribution in [2.24, 2.45) is 0 Å². The lowest BCUT2D eigenvalue weighted by atomic mass is 10.2. The van der Waals surface area contributed by atoms with E-state index >= 15 is 0 Å². The molecule has 0 atom stereocenters. The van der Waals surface area contributed by atoms with Gasteiger partial charge in [0.1, 0.15) is 13.1 Å². The highest BCUT2D eigenvalue weighted by Gasteiger charge is 2.32. The van der Waals surface area contributed by atoms with Crippen molar-refractivity contribution in [2.45, 2.75) is 12.7 Å². The minimum Gasteiger partial charge on any atom is -0.323 e. The number of nitrogens with zero attached hydrogens (tertiary/aromatic N) is 2. The summed E-state index contributed by atoms with van der Waals surface area (Å²) in [5.74, 6) is -1.09. The van der Waals surface area contributed by atoms with Crippen molar-refractivity contribution in [3.63, 3.8) is 0 Å². The number of fused-ring (bicyclic) bond motifs is 1. The van der Waals surface area contributed by atoms with Crippen molar-refractivity contribution in [2.75, 3.05) is 16.8 Å². The summed E-state index contributed by atoms with van der Waals surface area (Å²) < 4.78 is 39.0. The maximum Gasteiger partial charge on any atom is 0.417 e. The Hall–Kier alpha value is -3.10. The molecule has 2 heterocycles. The van der Waals surface area contributed by atoms with Crippen molar-refractivity contribution in [3.8, 4) is 0 Å². The van der Waals surface area contributed by atoms with Crippen molar-refractivity contribution >= 4 is 23.2 Å². The van der Waals surface area contributed by atoms with Gasteiger partial charge in [-0.1, -0.05) is 12.1 Å². The third kappa shape index (κ3) is 3.39. The van der Waals surface area contributed by atoms with Crippen molar-refractivity contribution in [1.29, 1.82) is 0 Å². The lowest BCUT2D eigenvalue weighted by Gasteiger charge is -2.29. The normalized spacial score (nSPS) is 14.0. The predicted octanol–water partition coefficient (Wildman–Crippen LogP) is 1.85. The number of aromatic nitrogens is 1. The summed E-state index contributed by atoms with van der Waals surface area (Å²) in [6.07, 6.45) is -4.04. The van der Waals surface area contributed by atoms with E-state index < -0.39 is 35.7 Å². The van der Waals surface area contributed by atoms with Gasteiger partial charge in [-0.25, -0.2) is 0 Å². The maximum atomic E-state index is 12.8. The molecule has 0 spiro atoms. The van der Waals surface area contributed by atoms with Crippen LogP contribution in [0.3, 0.4) is 0 Å². The van der Waals surface area contributed by atoms with Crippen LogP contribution in [0.25, 0.3) is 0 Å². The molecular weight excluding hydrogens is 339 g/mol. The highest BCUT2D eigenvalue weighted by molar-refractivity contribution is 6.09. The Morgan fingerprint density at radius 3 is 2.56 bits per heavy atom. The van der Waals surface area contributed by atoms with Crippen molar-refractivity contribution < 1.29 is 22.8 Å². The van der Waals surface area contributed by atoms with E-state index in [-0.39, 0.29) is 6.54 Å². The average molecular weight is 351 g/mol. The van der Waals surface area contributed by atoms with Gasteiger partial charge in [0, 0.05) is 12.3 Å². The topological polar surface area (TPSA) is 71.4 Å². The van der Waals surface area contributed by atoms with Crippen LogP contribution in [0.5, 0.6) is 0 Å². The maximum absolute atomic E-state index is 12.8. The second-order valence-corrected chi connectivity index (χ2v) is 5.43. The third-order valence-corrected chi connectivity index (χ3v) is 3.69. The molecule has 1 aliphatic heterocycles. The van der Waals surface area contributed by atoms with E-state index in [0.29, 0.717) is 28.2 Å². The molecule has 1 N–H and O–H groups in total. The number of pyridine rings is 1. The number of para-hydroxylation sites is 2. The van der Waals surface area contributed by atoms with Gasteiger partial charge in [-0.05, 0) is 18.2 Å². The fourth-order valence-electron chi connectivity index (χ4n) is 2.51. The van der Waals surface area contributed by atoms with Crippen molar-refractivity contribution in [3.05, 3.63) is 58.5 Å². The molecule has 0 bridgehead atoms. The van der Waals surface area contributed by atoms with Gasteiger partial charge in [0.15, 0.2) is 0 Å². The Balaban J connectivity index is 1.91. The zero-order valence-corrected chi connectivity index (χ0v) is 12.7. The Morgan fingerprint density at radius 2 is 1.84 bits per heavy atom. The number of benzene rings is 1. The summed E-state index contributed by atoms with van der Waals surface area (Å²) in [7, 11) is 0. The fourth-order valence-corrected chi connectivity index (χ4v) is 2.51. The minimum atomic E-state index is -4.63. The van der Waals surface area contributed by atoms with Gasteiger partial charge < -0.3 is 9.88 Å². The molecule has 9 heteroatoms. The van der Waals surface area contributed by atoms with E-state index in [2.05, 4.69) is 5.32 Å².